The lowest BCUT2D eigenvalue weighted by Crippen LogP contribution is -1.98. The second-order valence-corrected chi connectivity index (χ2v) is 6.08. The maximum atomic E-state index is 6.00. The standard InChI is InChI=1S/C19H16Cl2O/c20-18-11-6-14(12-19(18)21)13-22-17-9-7-16(8-10-17)15-4-2-1-3-5-15/h1-4,6-12,15H,5,13H2. The van der Waals surface area contributed by atoms with E-state index in [0.717, 1.165) is 17.7 Å². The van der Waals surface area contributed by atoms with Gasteiger partial charge >= 0.3 is 0 Å². The molecule has 0 spiro atoms. The van der Waals surface area contributed by atoms with Crippen LogP contribution in [-0.2, 0) is 6.61 Å². The van der Waals surface area contributed by atoms with E-state index in [4.69, 9.17) is 27.9 Å². The van der Waals surface area contributed by atoms with Gasteiger partial charge in [-0.05, 0) is 41.8 Å². The van der Waals surface area contributed by atoms with Crippen LogP contribution in [0.2, 0.25) is 10.0 Å². The first-order valence-corrected chi connectivity index (χ1v) is 7.98. The van der Waals surface area contributed by atoms with Gasteiger partial charge in [-0.25, -0.2) is 0 Å². The topological polar surface area (TPSA) is 9.23 Å². The van der Waals surface area contributed by atoms with Crippen molar-refractivity contribution in [3.05, 3.63) is 87.9 Å². The molecule has 3 rings (SSSR count). The molecule has 3 heteroatoms. The van der Waals surface area contributed by atoms with Crippen molar-refractivity contribution >= 4 is 23.2 Å². The van der Waals surface area contributed by atoms with Gasteiger partial charge in [0.25, 0.3) is 0 Å². The number of halogens is 2. The molecule has 2 aromatic carbocycles. The van der Waals surface area contributed by atoms with E-state index < -0.39 is 0 Å². The van der Waals surface area contributed by atoms with Crippen molar-refractivity contribution in [3.8, 4) is 5.75 Å². The molecule has 0 amide bonds. The average molecular weight is 331 g/mol. The van der Waals surface area contributed by atoms with E-state index in [1.54, 1.807) is 6.07 Å². The van der Waals surface area contributed by atoms with Gasteiger partial charge in [-0.15, -0.1) is 0 Å². The maximum absolute atomic E-state index is 6.00. The van der Waals surface area contributed by atoms with Crippen molar-refractivity contribution in [3.63, 3.8) is 0 Å². The Morgan fingerprint density at radius 2 is 1.77 bits per heavy atom. The highest BCUT2D eigenvalue weighted by Gasteiger charge is 2.08. The van der Waals surface area contributed by atoms with Crippen LogP contribution in [0.15, 0.2) is 66.8 Å². The molecule has 112 valence electrons. The predicted octanol–water partition coefficient (Wildman–Crippen LogP) is 6.17. The van der Waals surface area contributed by atoms with Gasteiger partial charge in [-0.3, -0.25) is 0 Å². The van der Waals surface area contributed by atoms with Gasteiger partial charge in [0.1, 0.15) is 12.4 Å². The van der Waals surface area contributed by atoms with E-state index in [1.165, 1.54) is 5.56 Å². The first-order valence-electron chi connectivity index (χ1n) is 7.22. The van der Waals surface area contributed by atoms with Crippen LogP contribution in [0.25, 0.3) is 0 Å². The summed E-state index contributed by atoms with van der Waals surface area (Å²) in [4.78, 5) is 0. The summed E-state index contributed by atoms with van der Waals surface area (Å²) in [6.45, 7) is 0.475. The smallest absolute Gasteiger partial charge is 0.119 e. The fourth-order valence-corrected chi connectivity index (χ4v) is 2.76. The minimum Gasteiger partial charge on any atom is -0.489 e. The molecule has 1 aliphatic rings. The molecule has 1 atom stereocenters. The number of benzene rings is 2. The van der Waals surface area contributed by atoms with E-state index >= 15 is 0 Å². The van der Waals surface area contributed by atoms with Gasteiger partial charge in [0.15, 0.2) is 0 Å². The summed E-state index contributed by atoms with van der Waals surface area (Å²) in [5.74, 6) is 1.32. The fraction of sp³-hybridized carbons (Fsp3) is 0.158. The zero-order valence-corrected chi connectivity index (χ0v) is 13.5. The first kappa shape index (κ1) is 15.2. The van der Waals surface area contributed by atoms with Crippen LogP contribution in [0.4, 0.5) is 0 Å². The summed E-state index contributed by atoms with van der Waals surface area (Å²) < 4.78 is 5.80. The van der Waals surface area contributed by atoms with Gasteiger partial charge < -0.3 is 4.74 Å². The first-order chi connectivity index (χ1) is 10.7. The van der Waals surface area contributed by atoms with Crippen LogP contribution >= 0.6 is 23.2 Å². The molecular weight excluding hydrogens is 315 g/mol. The zero-order chi connectivity index (χ0) is 15.4. The molecule has 1 nitrogen and oxygen atoms in total. The van der Waals surface area contributed by atoms with Crippen LogP contribution in [0.5, 0.6) is 5.75 Å². The van der Waals surface area contributed by atoms with E-state index in [9.17, 15) is 0 Å². The molecule has 1 unspecified atom stereocenters. The third-order valence-corrected chi connectivity index (χ3v) is 4.42. The lowest BCUT2D eigenvalue weighted by molar-refractivity contribution is 0.306. The molecule has 0 saturated heterocycles. The molecule has 0 N–H and O–H groups in total. The quantitative estimate of drug-likeness (QED) is 0.651. The second kappa shape index (κ2) is 7.04. The largest absolute Gasteiger partial charge is 0.489 e. The van der Waals surface area contributed by atoms with E-state index in [0.29, 0.717) is 22.6 Å². The van der Waals surface area contributed by atoms with Crippen molar-refractivity contribution in [2.45, 2.75) is 18.9 Å². The molecule has 0 heterocycles. The average Bonchev–Trinajstić information content (AvgIpc) is 2.57. The van der Waals surface area contributed by atoms with Crippen LogP contribution in [-0.4, -0.2) is 0 Å². The normalized spacial score (nSPS) is 16.7. The molecule has 0 fully saturated rings. The van der Waals surface area contributed by atoms with Gasteiger partial charge in [0, 0.05) is 5.92 Å². The molecule has 0 aromatic heterocycles. The van der Waals surface area contributed by atoms with Gasteiger partial charge in [0.2, 0.25) is 0 Å². The van der Waals surface area contributed by atoms with Crippen molar-refractivity contribution < 1.29 is 4.74 Å². The second-order valence-electron chi connectivity index (χ2n) is 5.26. The summed E-state index contributed by atoms with van der Waals surface area (Å²) in [5.41, 5.74) is 2.31. The Kier molecular flexibility index (Phi) is 4.87. The SMILES string of the molecule is Clc1ccc(COc2ccc(C3C=CC=CC3)cc2)cc1Cl. The number of allylic oxidation sites excluding steroid dienone is 4. The highest BCUT2D eigenvalue weighted by molar-refractivity contribution is 6.42. The highest BCUT2D eigenvalue weighted by atomic mass is 35.5. The van der Waals surface area contributed by atoms with Crippen molar-refractivity contribution in [1.29, 1.82) is 0 Å². The molecule has 22 heavy (non-hydrogen) atoms. The summed E-state index contributed by atoms with van der Waals surface area (Å²) in [5, 5.41) is 1.11. The number of rotatable bonds is 4. The Morgan fingerprint density at radius 1 is 0.955 bits per heavy atom. The molecule has 0 radical (unpaired) electrons. The molecular formula is C19H16Cl2O. The Bertz CT molecular complexity index is 702. The molecule has 1 aliphatic carbocycles. The van der Waals surface area contributed by atoms with E-state index in [-0.39, 0.29) is 0 Å². The Balaban J connectivity index is 1.62. The van der Waals surface area contributed by atoms with Gasteiger partial charge in [-0.2, -0.15) is 0 Å². The fourth-order valence-electron chi connectivity index (χ4n) is 2.44. The summed E-state index contributed by atoms with van der Waals surface area (Å²) in [6, 6.07) is 13.8. The minimum atomic E-state index is 0.467. The third kappa shape index (κ3) is 3.73. The number of hydrogen-bond acceptors (Lipinski definition) is 1. The molecule has 0 saturated carbocycles. The Labute approximate surface area is 140 Å². The van der Waals surface area contributed by atoms with E-state index in [1.807, 2.05) is 24.3 Å². The summed E-state index contributed by atoms with van der Waals surface area (Å²) in [6.07, 6.45) is 9.67. The Hall–Kier alpha value is -1.70. The molecule has 2 aromatic rings. The lowest BCUT2D eigenvalue weighted by Gasteiger charge is -2.14. The van der Waals surface area contributed by atoms with Crippen molar-refractivity contribution in [1.82, 2.24) is 0 Å². The number of hydrogen-bond donors (Lipinski definition) is 0. The minimum absolute atomic E-state index is 0.467. The predicted molar refractivity (Wildman–Crippen MR) is 92.9 cm³/mol. The number of ether oxygens (including phenoxy) is 1. The van der Waals surface area contributed by atoms with Gasteiger partial charge in [-0.1, -0.05) is 65.7 Å². The van der Waals surface area contributed by atoms with E-state index in [2.05, 4.69) is 36.4 Å². The molecule has 0 aliphatic heterocycles. The van der Waals surface area contributed by atoms with Crippen molar-refractivity contribution in [2.75, 3.05) is 0 Å². The van der Waals surface area contributed by atoms with Crippen LogP contribution < -0.4 is 4.74 Å². The lowest BCUT2D eigenvalue weighted by atomic mass is 9.93. The summed E-state index contributed by atoms with van der Waals surface area (Å²) in [7, 11) is 0. The van der Waals surface area contributed by atoms with Crippen LogP contribution in [0, 0.1) is 0 Å². The van der Waals surface area contributed by atoms with Crippen LogP contribution in [0.1, 0.15) is 23.5 Å². The Morgan fingerprint density at radius 3 is 2.45 bits per heavy atom. The maximum Gasteiger partial charge on any atom is 0.119 e. The van der Waals surface area contributed by atoms with Gasteiger partial charge in [0.05, 0.1) is 10.0 Å². The highest BCUT2D eigenvalue weighted by Crippen LogP contribution is 2.27. The zero-order valence-electron chi connectivity index (χ0n) is 12.0. The third-order valence-electron chi connectivity index (χ3n) is 3.68. The van der Waals surface area contributed by atoms with Crippen molar-refractivity contribution in [2.24, 2.45) is 0 Å². The van der Waals surface area contributed by atoms with Crippen LogP contribution in [0.3, 0.4) is 0 Å². The summed E-state index contributed by atoms with van der Waals surface area (Å²) >= 11 is 11.9. The molecule has 0 bridgehead atoms. The monoisotopic (exact) mass is 330 g/mol.